The molecule has 0 atom stereocenters. The predicted molar refractivity (Wildman–Crippen MR) is 224 cm³/mol. The van der Waals surface area contributed by atoms with E-state index in [9.17, 15) is 9.90 Å². The molecule has 0 bridgehead atoms. The van der Waals surface area contributed by atoms with Gasteiger partial charge in [0.2, 0.25) is 0 Å². The van der Waals surface area contributed by atoms with Gasteiger partial charge in [-0.1, -0.05) is 121 Å². The Bertz CT molecular complexity index is 2080. The van der Waals surface area contributed by atoms with Crippen molar-refractivity contribution in [2.24, 2.45) is 17.3 Å². The molecule has 0 saturated heterocycles. The summed E-state index contributed by atoms with van der Waals surface area (Å²) in [6, 6.07) is 24.8. The molecule has 1 aliphatic carbocycles. The SMILES string of the molecule is CCC(CC)C(=O)/C=C(\O)C(CC)CC.[2H]C([2H])([2H])c1c(-c2ccc(CC(C)(C)C)cc2)sc2c(-c3[c-]c4ccccc4c(C4CCCCC4)c3)nccc12.[Ir]. The molecule has 1 N–H and O–H groups in total. The van der Waals surface area contributed by atoms with Crippen LogP contribution in [0.3, 0.4) is 0 Å². The number of nitrogens with zero attached hydrogens (tertiary/aromatic N) is 1. The van der Waals surface area contributed by atoms with Crippen molar-refractivity contribution in [2.45, 2.75) is 125 Å². The Hall–Kier alpha value is -3.11. The molecule has 0 aliphatic heterocycles. The van der Waals surface area contributed by atoms with E-state index in [-0.39, 0.29) is 48.9 Å². The summed E-state index contributed by atoms with van der Waals surface area (Å²) in [4.78, 5) is 17.4. The van der Waals surface area contributed by atoms with Gasteiger partial charge >= 0.3 is 0 Å². The minimum atomic E-state index is -2.24. The van der Waals surface area contributed by atoms with Gasteiger partial charge in [0.25, 0.3) is 0 Å². The number of pyridine rings is 1. The monoisotopic (exact) mass is 910 g/mol. The molecule has 3 nitrogen and oxygen atoms in total. The Morgan fingerprint density at radius 1 is 0.943 bits per heavy atom. The van der Waals surface area contributed by atoms with Crippen LogP contribution in [0, 0.1) is 30.2 Å². The fourth-order valence-electron chi connectivity index (χ4n) is 7.72. The van der Waals surface area contributed by atoms with Gasteiger partial charge in [0, 0.05) is 63.6 Å². The van der Waals surface area contributed by atoms with Crippen LogP contribution in [-0.4, -0.2) is 15.9 Å². The van der Waals surface area contributed by atoms with Gasteiger partial charge in [-0.25, -0.2) is 0 Å². The second-order valence-electron chi connectivity index (χ2n) is 15.8. The predicted octanol–water partition coefficient (Wildman–Crippen LogP) is 14.4. The first-order valence-corrected chi connectivity index (χ1v) is 20.4. The zero-order valence-electron chi connectivity index (χ0n) is 35.8. The summed E-state index contributed by atoms with van der Waals surface area (Å²) in [7, 11) is 0. The van der Waals surface area contributed by atoms with Crippen molar-refractivity contribution in [1.29, 1.82) is 0 Å². The van der Waals surface area contributed by atoms with Crippen molar-refractivity contribution in [3.63, 3.8) is 0 Å². The van der Waals surface area contributed by atoms with E-state index in [2.05, 4.69) is 81.4 Å². The van der Waals surface area contributed by atoms with Gasteiger partial charge in [-0.15, -0.1) is 40.5 Å². The molecule has 3 aromatic carbocycles. The quantitative estimate of drug-likeness (QED) is 0.0816. The summed E-state index contributed by atoms with van der Waals surface area (Å²) < 4.78 is 26.4. The molecule has 1 saturated carbocycles. The molecule has 1 aliphatic rings. The van der Waals surface area contributed by atoms with E-state index < -0.39 is 6.85 Å². The first-order chi connectivity index (χ1) is 26.2. The van der Waals surface area contributed by atoms with E-state index >= 15 is 0 Å². The number of fused-ring (bicyclic) bond motifs is 2. The zero-order valence-corrected chi connectivity index (χ0v) is 36.0. The molecule has 1 radical (unpaired) electrons. The molecule has 53 heavy (non-hydrogen) atoms. The van der Waals surface area contributed by atoms with Crippen LogP contribution in [-0.2, 0) is 31.3 Å². The number of aliphatic hydroxyl groups excluding tert-OH is 1. The van der Waals surface area contributed by atoms with E-state index in [4.69, 9.17) is 9.10 Å². The van der Waals surface area contributed by atoms with Crippen LogP contribution < -0.4 is 0 Å². The van der Waals surface area contributed by atoms with E-state index in [1.807, 2.05) is 33.8 Å². The summed E-state index contributed by atoms with van der Waals surface area (Å²) in [5.74, 6) is 1.08. The first kappa shape index (κ1) is 38.2. The summed E-state index contributed by atoms with van der Waals surface area (Å²) in [5, 5.41) is 12.9. The number of carbonyl (C=O) groups is 1. The molecule has 0 spiro atoms. The molecular formula is C48H60IrNO2S-. The van der Waals surface area contributed by atoms with Crippen LogP contribution in [0.5, 0.6) is 0 Å². The number of aliphatic hydroxyl groups is 1. The Labute approximate surface area is 341 Å². The number of ketones is 1. The molecule has 1 fully saturated rings. The van der Waals surface area contributed by atoms with E-state index in [1.54, 1.807) is 17.5 Å². The molecule has 2 aromatic heterocycles. The standard InChI is InChI=1S/C35H36NS.C13H24O2.Ir/c1-23-29-18-19-36-32(34(29)37-33(23)26-16-14-24(15-17-26)22-35(2,3)4)28-20-27-12-8-9-13-30(27)31(21-28)25-10-6-5-7-11-25;1-5-10(6-2)12(14)9-13(15)11(7-3)8-4;/h8-9,12-19,21,25H,5-7,10-11,22H2,1-4H3;9-11,14H,5-8H2,1-4H3;/q-1;;/b;12-9-;/i1D3;;. The fraction of sp³-hybridized carbons (Fsp3) is 0.458. The van der Waals surface area contributed by atoms with Crippen LogP contribution in [0.1, 0.15) is 133 Å². The molecule has 6 rings (SSSR count). The fourth-order valence-corrected chi connectivity index (χ4v) is 8.93. The van der Waals surface area contributed by atoms with Gasteiger partial charge < -0.3 is 5.11 Å². The smallest absolute Gasteiger partial charge is 0.162 e. The minimum absolute atomic E-state index is 0. The normalized spacial score (nSPS) is 15.1. The number of benzene rings is 3. The maximum Gasteiger partial charge on any atom is 0.162 e. The summed E-state index contributed by atoms with van der Waals surface area (Å²) in [6.07, 6.45) is 13.9. The topological polar surface area (TPSA) is 50.2 Å². The van der Waals surface area contributed by atoms with E-state index in [0.29, 0.717) is 11.5 Å². The third-order valence-corrected chi connectivity index (χ3v) is 12.0. The summed E-state index contributed by atoms with van der Waals surface area (Å²) in [6.45, 7) is 12.5. The Kier molecular flexibility index (Phi) is 14.0. The van der Waals surface area contributed by atoms with Gasteiger partial charge in [0.05, 0.1) is 5.76 Å². The van der Waals surface area contributed by atoms with Crippen LogP contribution >= 0.6 is 11.3 Å². The van der Waals surface area contributed by atoms with Crippen LogP contribution in [0.4, 0.5) is 0 Å². The Balaban J connectivity index is 0.000000372. The first-order valence-electron chi connectivity index (χ1n) is 21.1. The third kappa shape index (κ3) is 10.6. The maximum absolute atomic E-state index is 11.7. The van der Waals surface area contributed by atoms with Crippen LogP contribution in [0.25, 0.3) is 42.6 Å². The van der Waals surface area contributed by atoms with Crippen LogP contribution in [0.15, 0.2) is 78.7 Å². The molecular weight excluding hydrogens is 847 g/mol. The van der Waals surface area contributed by atoms with Crippen molar-refractivity contribution in [1.82, 2.24) is 4.98 Å². The van der Waals surface area contributed by atoms with Crippen molar-refractivity contribution >= 4 is 38.0 Å². The number of thiophene rings is 1. The third-order valence-electron chi connectivity index (χ3n) is 10.7. The molecule has 2 heterocycles. The number of carbonyl (C=O) groups excluding carboxylic acids is 1. The van der Waals surface area contributed by atoms with Gasteiger partial charge in [-0.3, -0.25) is 9.78 Å². The number of rotatable bonds is 11. The zero-order chi connectivity index (χ0) is 39.9. The second-order valence-corrected chi connectivity index (χ2v) is 16.8. The van der Waals surface area contributed by atoms with Crippen molar-refractivity contribution in [3.05, 3.63) is 101 Å². The summed E-state index contributed by atoms with van der Waals surface area (Å²) in [5.41, 5.74) is 5.98. The molecule has 5 heteroatoms. The number of aryl methyl sites for hydroxylation is 1. The summed E-state index contributed by atoms with van der Waals surface area (Å²) >= 11 is 1.55. The van der Waals surface area contributed by atoms with Crippen molar-refractivity contribution in [2.75, 3.05) is 0 Å². The van der Waals surface area contributed by atoms with Gasteiger partial charge in [0.15, 0.2) is 5.78 Å². The molecule has 5 aromatic rings. The molecule has 285 valence electrons. The number of aromatic nitrogens is 1. The van der Waals surface area contributed by atoms with E-state index in [1.165, 1.54) is 54.7 Å². The molecule has 0 unspecified atom stereocenters. The van der Waals surface area contributed by atoms with Gasteiger partial charge in [0.1, 0.15) is 0 Å². The number of hydrogen-bond donors (Lipinski definition) is 1. The minimum Gasteiger partial charge on any atom is -0.512 e. The number of hydrogen-bond acceptors (Lipinski definition) is 4. The average Bonchev–Trinajstić information content (AvgIpc) is 3.57. The van der Waals surface area contributed by atoms with Crippen LogP contribution in [0.2, 0.25) is 0 Å². The second kappa shape index (κ2) is 19.5. The average molecular weight is 910 g/mol. The van der Waals surface area contributed by atoms with Gasteiger partial charge in [-0.2, -0.15) is 0 Å². The number of allylic oxidation sites excluding steroid dienone is 2. The Morgan fingerprint density at radius 2 is 1.60 bits per heavy atom. The van der Waals surface area contributed by atoms with Crippen molar-refractivity contribution < 1.29 is 34.1 Å². The largest absolute Gasteiger partial charge is 0.512 e. The van der Waals surface area contributed by atoms with E-state index in [0.717, 1.165) is 69.3 Å². The maximum atomic E-state index is 11.7. The molecule has 0 amide bonds. The Morgan fingerprint density at radius 3 is 2.23 bits per heavy atom. The van der Waals surface area contributed by atoms with Crippen molar-refractivity contribution in [3.8, 4) is 21.7 Å². The van der Waals surface area contributed by atoms with Gasteiger partial charge in [-0.05, 0) is 91.3 Å².